The quantitative estimate of drug-likeness (QED) is 0.00910. The van der Waals surface area contributed by atoms with Crippen LogP contribution in [0.15, 0.2) is 122 Å². The van der Waals surface area contributed by atoms with Gasteiger partial charge in [0.2, 0.25) is 23.6 Å². The first-order valence-electron chi connectivity index (χ1n) is 27.0. The lowest BCUT2D eigenvalue weighted by molar-refractivity contribution is -0.115. The van der Waals surface area contributed by atoms with Crippen LogP contribution >= 0.6 is 35.1 Å². The maximum Gasteiger partial charge on any atom is 0.337 e. The number of imidazole rings is 1. The van der Waals surface area contributed by atoms with Crippen molar-refractivity contribution < 1.29 is 90.7 Å². The number of hydrogen-bond acceptors (Lipinski definition) is 27. The number of aromatic carboxylic acids is 1. The van der Waals surface area contributed by atoms with Gasteiger partial charge in [0.25, 0.3) is 40.5 Å². The van der Waals surface area contributed by atoms with Gasteiger partial charge in [-0.2, -0.15) is 44.0 Å². The highest BCUT2D eigenvalue weighted by Crippen LogP contribution is 2.47. The SMILES string of the molecule is COc1cc(S(=O)(=O)O)c2nc3c(C#N)c(C)c(N=Nc4cc(NC(C)=O)c(N=Nc5cc(NC(C)=O)c(N=Nc6cc(NC(C)=O)c(N=Nc7ccc(Cl)c(C(=O)O)c7)cc6SCCCS(=O)(=O)O)cc5SCCCS(=O)(=O)O)cc4OCCCS(=O)(=O)O)c(O)n3c2c1. The van der Waals surface area contributed by atoms with Crippen molar-refractivity contribution in [2.75, 3.05) is 58.4 Å². The van der Waals surface area contributed by atoms with E-state index in [1.54, 1.807) is 0 Å². The van der Waals surface area contributed by atoms with E-state index < -0.39 is 104 Å². The zero-order valence-electron chi connectivity index (χ0n) is 49.9. The number of aromatic hydroxyl groups is 1. The lowest BCUT2D eigenvalue weighted by Gasteiger charge is -2.14. The second-order valence-corrected chi connectivity index (χ2v) is 28.6. The van der Waals surface area contributed by atoms with Crippen molar-refractivity contribution in [3.63, 3.8) is 0 Å². The van der Waals surface area contributed by atoms with Crippen LogP contribution in [0.4, 0.5) is 62.6 Å². The molecular weight excluding hydrogens is 1390 g/mol. The summed E-state index contributed by atoms with van der Waals surface area (Å²) in [7, 11) is -17.1. The zero-order valence-corrected chi connectivity index (χ0v) is 55.5. The number of azo groups is 4. The summed E-state index contributed by atoms with van der Waals surface area (Å²) >= 11 is 8.02. The summed E-state index contributed by atoms with van der Waals surface area (Å²) in [6.07, 6.45) is -0.527. The standard InChI is InChI=1S/C54H53ClN14O20S6/c1-27-34(26-56)52-60-51-45(18-32(88-5)19-49(51)95(85,86)87)69(52)53(73)50(27)68-65-42-20-36(57-28(2)70)39(23-46(42)89-11-6-14-92(76,77)78)63-66-43-22-38(59-30(4)72)41(25-48(43)91-13-8-16-94(82,83)84)64-67-44-21-37(58-29(3)71)40(24-47(44)90-12-7-15-93(79,80)81)62-61-31-9-10-35(55)33(17-31)54(74)75/h9-10,17-25,73H,6-8,11-16H2,1-5H3,(H,57,70)(H,58,71)(H,59,72)(H,74,75)(H,76,77,78)(H,79,80,81)(H,82,83,84)(H,85,86,87). The number of nitrogens with zero attached hydrogens (tertiary/aromatic N) is 11. The Morgan fingerprint density at radius 1 is 0.642 bits per heavy atom. The number of carboxylic acid groups (broad SMARTS) is 1. The van der Waals surface area contributed by atoms with E-state index in [9.17, 15) is 86.5 Å². The lowest BCUT2D eigenvalue weighted by Crippen LogP contribution is -2.09. The Bertz CT molecular complexity index is 4910. The van der Waals surface area contributed by atoms with Gasteiger partial charge in [-0.3, -0.25) is 37.0 Å². The number of carbonyl (C=O) groups is 4. The molecule has 0 saturated carbocycles. The van der Waals surface area contributed by atoms with Crippen LogP contribution in [0.2, 0.25) is 5.02 Å². The van der Waals surface area contributed by atoms with Gasteiger partial charge in [0.15, 0.2) is 11.3 Å². The average molecular weight is 1450 g/mol. The van der Waals surface area contributed by atoms with E-state index in [-0.39, 0.29) is 147 Å². The molecule has 0 spiro atoms. The Labute approximate surface area is 553 Å². The number of pyridine rings is 1. The summed E-state index contributed by atoms with van der Waals surface area (Å²) in [6.45, 7) is 4.38. The molecule has 3 amide bonds. The molecule has 2 aromatic heterocycles. The van der Waals surface area contributed by atoms with E-state index in [0.717, 1.165) is 53.9 Å². The molecule has 0 atom stereocenters. The van der Waals surface area contributed by atoms with Gasteiger partial charge < -0.3 is 35.6 Å². The lowest BCUT2D eigenvalue weighted by atomic mass is 10.1. The predicted octanol–water partition coefficient (Wildman–Crippen LogP) is 11.9. The number of methoxy groups -OCH3 is 1. The van der Waals surface area contributed by atoms with Gasteiger partial charge in [-0.05, 0) is 86.2 Å². The van der Waals surface area contributed by atoms with Crippen LogP contribution in [-0.2, 0) is 54.9 Å². The van der Waals surface area contributed by atoms with E-state index in [2.05, 4.69) is 61.8 Å². The molecule has 0 aliphatic rings. The number of aromatic nitrogens is 2. The molecule has 0 fully saturated rings. The van der Waals surface area contributed by atoms with Crippen LogP contribution in [0.25, 0.3) is 16.7 Å². The van der Waals surface area contributed by atoms with Crippen molar-refractivity contribution in [2.24, 2.45) is 40.9 Å². The second-order valence-electron chi connectivity index (χ2n) is 19.8. The van der Waals surface area contributed by atoms with E-state index in [1.807, 2.05) is 6.07 Å². The Morgan fingerprint density at radius 3 is 1.59 bits per heavy atom. The van der Waals surface area contributed by atoms with Crippen LogP contribution in [0.5, 0.6) is 17.4 Å². The fraction of sp³-hybridized carbons (Fsp3) is 0.259. The number of carboxylic acids is 1. The highest BCUT2D eigenvalue weighted by molar-refractivity contribution is 7.99. The van der Waals surface area contributed by atoms with Gasteiger partial charge in [-0.25, -0.2) is 9.78 Å². The number of carbonyl (C=O) groups excluding carboxylic acids is 3. The molecule has 502 valence electrons. The Morgan fingerprint density at radius 2 is 1.12 bits per heavy atom. The second kappa shape index (κ2) is 30.9. The molecule has 5 aromatic carbocycles. The van der Waals surface area contributed by atoms with Gasteiger partial charge in [0.05, 0.1) is 69.8 Å². The molecule has 34 nitrogen and oxygen atoms in total. The van der Waals surface area contributed by atoms with Gasteiger partial charge in [-0.1, -0.05) is 11.6 Å². The average Bonchev–Trinajstić information content (AvgIpc) is 1.59. The number of amides is 3. The highest BCUT2D eigenvalue weighted by Gasteiger charge is 2.27. The van der Waals surface area contributed by atoms with Crippen molar-refractivity contribution in [1.29, 1.82) is 5.26 Å². The Hall–Kier alpha value is -9.15. The summed E-state index contributed by atoms with van der Waals surface area (Å²) < 4.78 is 146. The molecule has 2 heterocycles. The highest BCUT2D eigenvalue weighted by atomic mass is 35.5. The number of halogens is 1. The molecule has 95 heavy (non-hydrogen) atoms. The molecule has 0 saturated heterocycles. The van der Waals surface area contributed by atoms with Crippen molar-refractivity contribution in [2.45, 2.75) is 61.6 Å². The molecule has 41 heteroatoms. The third-order valence-electron chi connectivity index (χ3n) is 12.5. The molecule has 0 bridgehead atoms. The third kappa shape index (κ3) is 20.2. The van der Waals surface area contributed by atoms with Crippen LogP contribution in [0, 0.1) is 18.3 Å². The third-order valence-corrected chi connectivity index (χ3v) is 18.4. The largest absolute Gasteiger partial charge is 0.497 e. The molecule has 0 aliphatic heterocycles. The zero-order chi connectivity index (χ0) is 69.9. The minimum Gasteiger partial charge on any atom is -0.497 e. The topological polar surface area (TPSA) is 521 Å². The smallest absolute Gasteiger partial charge is 0.337 e. The van der Waals surface area contributed by atoms with Crippen molar-refractivity contribution >= 4 is 179 Å². The van der Waals surface area contributed by atoms with Gasteiger partial charge in [0.1, 0.15) is 67.7 Å². The molecule has 0 radical (unpaired) electrons. The number of nitrogens with one attached hydrogen (secondary N) is 3. The first-order chi connectivity index (χ1) is 44.5. The molecule has 0 unspecified atom stereocenters. The fourth-order valence-corrected chi connectivity index (χ4v) is 13.1. The fourth-order valence-electron chi connectivity index (χ4n) is 8.44. The number of fused-ring (bicyclic) bond motifs is 3. The van der Waals surface area contributed by atoms with E-state index in [4.69, 9.17) is 21.1 Å². The number of ether oxygens (including phenoxy) is 2. The predicted molar refractivity (Wildman–Crippen MR) is 348 cm³/mol. The number of nitriles is 1. The van der Waals surface area contributed by atoms with Crippen molar-refractivity contribution in [1.82, 2.24) is 9.38 Å². The van der Waals surface area contributed by atoms with Gasteiger partial charge in [0, 0.05) is 54.3 Å². The summed E-state index contributed by atoms with van der Waals surface area (Å²) in [4.78, 5) is 54.1. The van der Waals surface area contributed by atoms with E-state index in [0.29, 0.717) is 0 Å². The maximum absolute atomic E-state index is 12.9. The first kappa shape index (κ1) is 73.3. The molecule has 7 rings (SSSR count). The van der Waals surface area contributed by atoms with Crippen LogP contribution in [-0.4, -0.2) is 138 Å². The summed E-state index contributed by atoms with van der Waals surface area (Å²) in [5.41, 5.74) is -2.65. The van der Waals surface area contributed by atoms with E-state index >= 15 is 0 Å². The number of anilines is 3. The Kier molecular flexibility index (Phi) is 23.9. The first-order valence-corrected chi connectivity index (χ1v) is 35.6. The minimum absolute atomic E-state index is 0.00162. The number of rotatable bonds is 29. The molecule has 0 aliphatic carbocycles. The molecular formula is C54H53ClN14O20S6. The van der Waals surface area contributed by atoms with Crippen molar-refractivity contribution in [3.05, 3.63) is 88.4 Å². The van der Waals surface area contributed by atoms with Gasteiger partial charge >= 0.3 is 5.97 Å². The monoisotopic (exact) mass is 1440 g/mol. The Balaban J connectivity index is 1.39. The van der Waals surface area contributed by atoms with Crippen molar-refractivity contribution in [3.8, 4) is 23.4 Å². The maximum atomic E-state index is 12.9. The van der Waals surface area contributed by atoms with Crippen LogP contribution < -0.4 is 25.4 Å². The summed E-state index contributed by atoms with van der Waals surface area (Å²) in [6, 6.07) is 15.7. The minimum atomic E-state index is -4.98. The summed E-state index contributed by atoms with van der Waals surface area (Å²) in [5, 5.41) is 74.2. The molecule has 7 aromatic rings. The molecule has 9 N–H and O–H groups in total. The number of benzene rings is 5. The van der Waals surface area contributed by atoms with Crippen LogP contribution in [0.3, 0.4) is 0 Å². The summed E-state index contributed by atoms with van der Waals surface area (Å²) in [5.74, 6) is -6.48. The van der Waals surface area contributed by atoms with E-state index in [1.165, 1.54) is 75.6 Å². The van der Waals surface area contributed by atoms with Crippen LogP contribution in [0.1, 0.15) is 61.5 Å². The normalized spacial score (nSPS) is 12.3. The van der Waals surface area contributed by atoms with Gasteiger partial charge in [-0.15, -0.1) is 59.3 Å². The number of hydrogen-bond donors (Lipinski definition) is 9. The number of thioether (sulfide) groups is 2.